The highest BCUT2D eigenvalue weighted by molar-refractivity contribution is 5.32. The van der Waals surface area contributed by atoms with Gasteiger partial charge in [0, 0.05) is 0 Å². The molecule has 1 aromatic carbocycles. The van der Waals surface area contributed by atoms with Gasteiger partial charge in [0.15, 0.2) is 0 Å². The molecule has 134 valence electrons. The van der Waals surface area contributed by atoms with E-state index in [1.807, 2.05) is 0 Å². The molecule has 0 aromatic heterocycles. The molecule has 0 aliphatic heterocycles. The second-order valence-electron chi connectivity index (χ2n) is 9.44. The number of benzene rings is 1. The van der Waals surface area contributed by atoms with Crippen molar-refractivity contribution in [3.05, 3.63) is 35.4 Å². The van der Waals surface area contributed by atoms with Crippen LogP contribution in [0.4, 0.5) is 0 Å². The van der Waals surface area contributed by atoms with Crippen LogP contribution in [0.2, 0.25) is 0 Å². The summed E-state index contributed by atoms with van der Waals surface area (Å²) in [6, 6.07) is 8.43. The van der Waals surface area contributed by atoms with Crippen molar-refractivity contribution in [3.8, 4) is 0 Å². The Labute approximate surface area is 147 Å². The fourth-order valence-corrected chi connectivity index (χ4v) is 1.95. The highest BCUT2D eigenvalue weighted by Crippen LogP contribution is 2.32. The standard InChI is InChI=1S/C20H34N4/c1-17(2,3)21-23-19(7,8)15-12-11-13-16(14-15)20(9,10)24-22-18(4,5)6/h11-14H,1-10H3. The van der Waals surface area contributed by atoms with Gasteiger partial charge >= 0.3 is 0 Å². The summed E-state index contributed by atoms with van der Waals surface area (Å²) in [4.78, 5) is 0. The topological polar surface area (TPSA) is 49.4 Å². The third-order valence-electron chi connectivity index (χ3n) is 3.48. The van der Waals surface area contributed by atoms with Crippen molar-refractivity contribution in [2.75, 3.05) is 0 Å². The Balaban J connectivity index is 3.18. The van der Waals surface area contributed by atoms with Gasteiger partial charge in [-0.1, -0.05) is 24.3 Å². The smallest absolute Gasteiger partial charge is 0.101 e. The molecule has 0 heterocycles. The van der Waals surface area contributed by atoms with Crippen LogP contribution in [-0.4, -0.2) is 11.1 Å². The summed E-state index contributed by atoms with van der Waals surface area (Å²) in [7, 11) is 0. The SMILES string of the molecule is CC(C)(C)N=NC(C)(C)c1cccc(C(C)(C)N=NC(C)(C)C)c1. The average Bonchev–Trinajstić information content (AvgIpc) is 2.42. The average molecular weight is 331 g/mol. The monoisotopic (exact) mass is 330 g/mol. The molecule has 4 heteroatoms. The Morgan fingerprint density at radius 2 is 0.875 bits per heavy atom. The van der Waals surface area contributed by atoms with Gasteiger partial charge in [0.1, 0.15) is 11.1 Å². The molecule has 1 aromatic rings. The van der Waals surface area contributed by atoms with E-state index in [0.29, 0.717) is 0 Å². The minimum atomic E-state index is -0.374. The van der Waals surface area contributed by atoms with Crippen molar-refractivity contribution >= 4 is 0 Å². The van der Waals surface area contributed by atoms with Crippen molar-refractivity contribution in [2.45, 2.75) is 91.4 Å². The third kappa shape index (κ3) is 6.50. The van der Waals surface area contributed by atoms with Crippen LogP contribution in [0.15, 0.2) is 44.7 Å². The minimum Gasteiger partial charge on any atom is -0.187 e. The Hall–Kier alpha value is -1.58. The molecule has 4 nitrogen and oxygen atoms in total. The normalized spacial score (nSPS) is 14.8. The van der Waals surface area contributed by atoms with E-state index >= 15 is 0 Å². The lowest BCUT2D eigenvalue weighted by atomic mass is 9.88. The molecule has 0 saturated heterocycles. The van der Waals surface area contributed by atoms with E-state index in [4.69, 9.17) is 0 Å². The lowest BCUT2D eigenvalue weighted by Gasteiger charge is -2.25. The van der Waals surface area contributed by atoms with Crippen LogP contribution in [0, 0.1) is 0 Å². The van der Waals surface area contributed by atoms with Crippen molar-refractivity contribution in [3.63, 3.8) is 0 Å². The molecule has 0 aliphatic carbocycles. The maximum absolute atomic E-state index is 4.58. The van der Waals surface area contributed by atoms with Crippen molar-refractivity contribution in [1.82, 2.24) is 0 Å². The molecule has 0 N–H and O–H groups in total. The summed E-state index contributed by atoms with van der Waals surface area (Å²) in [6.45, 7) is 20.7. The van der Waals surface area contributed by atoms with Crippen LogP contribution in [0.25, 0.3) is 0 Å². The van der Waals surface area contributed by atoms with Gasteiger partial charge in [-0.15, -0.1) is 0 Å². The van der Waals surface area contributed by atoms with Crippen LogP contribution >= 0.6 is 0 Å². The zero-order chi connectivity index (χ0) is 18.8. The Morgan fingerprint density at radius 3 is 1.17 bits per heavy atom. The molecule has 0 bridgehead atoms. The Bertz CT molecular complexity index is 560. The summed E-state index contributed by atoms with van der Waals surface area (Å²) in [5.41, 5.74) is 1.17. The van der Waals surface area contributed by atoms with Gasteiger partial charge < -0.3 is 0 Å². The van der Waals surface area contributed by atoms with Crippen LogP contribution in [0.1, 0.15) is 80.4 Å². The summed E-state index contributed by atoms with van der Waals surface area (Å²) in [5.74, 6) is 0. The number of hydrogen-bond donors (Lipinski definition) is 0. The molecular weight excluding hydrogens is 296 g/mol. The lowest BCUT2D eigenvalue weighted by molar-refractivity contribution is 0.442. The molecule has 0 atom stereocenters. The highest BCUT2D eigenvalue weighted by Gasteiger charge is 2.26. The summed E-state index contributed by atoms with van der Waals surface area (Å²) < 4.78 is 0. The predicted molar refractivity (Wildman–Crippen MR) is 102 cm³/mol. The zero-order valence-electron chi connectivity index (χ0n) is 17.1. The molecule has 0 saturated carbocycles. The molecule has 0 unspecified atom stereocenters. The van der Waals surface area contributed by atoms with Gasteiger partial charge in [-0.3, -0.25) is 0 Å². The maximum Gasteiger partial charge on any atom is 0.101 e. The van der Waals surface area contributed by atoms with Crippen molar-refractivity contribution in [1.29, 1.82) is 0 Å². The van der Waals surface area contributed by atoms with E-state index in [9.17, 15) is 0 Å². The van der Waals surface area contributed by atoms with E-state index in [2.05, 4.69) is 114 Å². The lowest BCUT2D eigenvalue weighted by Crippen LogP contribution is -2.20. The second-order valence-corrected chi connectivity index (χ2v) is 9.44. The number of rotatable bonds is 4. The largest absolute Gasteiger partial charge is 0.187 e. The second kappa shape index (κ2) is 6.73. The first-order valence-corrected chi connectivity index (χ1v) is 8.62. The number of hydrogen-bond acceptors (Lipinski definition) is 4. The van der Waals surface area contributed by atoms with E-state index in [1.165, 1.54) is 0 Å². The van der Waals surface area contributed by atoms with Gasteiger partial charge in [0.2, 0.25) is 0 Å². The molecule has 0 aliphatic rings. The van der Waals surface area contributed by atoms with Crippen LogP contribution < -0.4 is 0 Å². The number of nitrogens with zero attached hydrogens (tertiary/aromatic N) is 4. The Kier molecular flexibility index (Phi) is 5.74. The van der Waals surface area contributed by atoms with Gasteiger partial charge in [-0.2, -0.15) is 20.5 Å². The summed E-state index contributed by atoms with van der Waals surface area (Å²) in [6.07, 6.45) is 0. The summed E-state index contributed by atoms with van der Waals surface area (Å²) in [5, 5.41) is 18.1. The third-order valence-corrected chi connectivity index (χ3v) is 3.48. The zero-order valence-corrected chi connectivity index (χ0v) is 17.1. The van der Waals surface area contributed by atoms with Gasteiger partial charge in [0.25, 0.3) is 0 Å². The molecule has 24 heavy (non-hydrogen) atoms. The fraction of sp³-hybridized carbons (Fsp3) is 0.700. The molecular formula is C20H34N4. The summed E-state index contributed by atoms with van der Waals surface area (Å²) >= 11 is 0. The van der Waals surface area contributed by atoms with Crippen molar-refractivity contribution in [2.24, 2.45) is 20.5 Å². The predicted octanol–water partition coefficient (Wildman–Crippen LogP) is 6.66. The van der Waals surface area contributed by atoms with Crippen molar-refractivity contribution < 1.29 is 0 Å². The molecule has 0 radical (unpaired) electrons. The molecule has 1 rings (SSSR count). The highest BCUT2D eigenvalue weighted by atomic mass is 15.2. The van der Waals surface area contributed by atoms with Gasteiger partial charge in [-0.25, -0.2) is 0 Å². The molecule has 0 amide bonds. The van der Waals surface area contributed by atoms with Crippen LogP contribution in [-0.2, 0) is 11.1 Å². The van der Waals surface area contributed by atoms with Gasteiger partial charge in [0.05, 0.1) is 11.1 Å². The quantitative estimate of drug-likeness (QED) is 0.554. The number of azo groups is 2. The first kappa shape index (κ1) is 20.5. The first-order chi connectivity index (χ1) is 10.6. The van der Waals surface area contributed by atoms with E-state index in [-0.39, 0.29) is 22.2 Å². The first-order valence-electron chi connectivity index (χ1n) is 8.62. The minimum absolute atomic E-state index is 0.172. The van der Waals surface area contributed by atoms with E-state index in [0.717, 1.165) is 11.1 Å². The Morgan fingerprint density at radius 1 is 0.542 bits per heavy atom. The van der Waals surface area contributed by atoms with Gasteiger partial charge in [-0.05, 0) is 80.4 Å². The fourth-order valence-electron chi connectivity index (χ4n) is 1.95. The van der Waals surface area contributed by atoms with E-state index in [1.54, 1.807) is 0 Å². The van der Waals surface area contributed by atoms with Crippen LogP contribution in [0.3, 0.4) is 0 Å². The van der Waals surface area contributed by atoms with E-state index < -0.39 is 0 Å². The van der Waals surface area contributed by atoms with Crippen LogP contribution in [0.5, 0.6) is 0 Å². The maximum atomic E-state index is 4.58. The molecule has 0 fully saturated rings. The molecule has 0 spiro atoms.